The Morgan fingerprint density at radius 1 is 1.05 bits per heavy atom. The van der Waals surface area contributed by atoms with Crippen molar-refractivity contribution in [2.75, 3.05) is 18.5 Å². The normalized spacial score (nSPS) is 10.4. The minimum atomic E-state index is 0.580. The van der Waals surface area contributed by atoms with Gasteiger partial charge in [-0.25, -0.2) is 0 Å². The number of nitrogens with one attached hydrogen (secondary N) is 1. The van der Waals surface area contributed by atoms with Gasteiger partial charge >= 0.3 is 0 Å². The molecule has 0 amide bonds. The molecule has 0 aliphatic heterocycles. The van der Waals surface area contributed by atoms with Crippen LogP contribution in [0, 0.1) is 20.8 Å². The Bertz CT molecular complexity index is 572. The van der Waals surface area contributed by atoms with Gasteiger partial charge in [0.15, 0.2) is 0 Å². The van der Waals surface area contributed by atoms with Crippen molar-refractivity contribution in [2.45, 2.75) is 20.8 Å². The van der Waals surface area contributed by atoms with Crippen LogP contribution in [0.15, 0.2) is 36.4 Å². The molecule has 1 N–H and O–H groups in total. The summed E-state index contributed by atoms with van der Waals surface area (Å²) in [6, 6.07) is 11.9. The number of aryl methyl sites for hydroxylation is 3. The van der Waals surface area contributed by atoms with Crippen molar-refractivity contribution >= 4 is 17.3 Å². The number of para-hydroxylation sites is 1. The van der Waals surface area contributed by atoms with E-state index in [9.17, 15) is 0 Å². The van der Waals surface area contributed by atoms with Crippen LogP contribution in [0.4, 0.5) is 5.69 Å². The fourth-order valence-electron chi connectivity index (χ4n) is 2.36. The molecule has 2 aromatic carbocycles. The first-order valence-electron chi connectivity index (χ1n) is 6.77. The Morgan fingerprint density at radius 3 is 2.35 bits per heavy atom. The second-order valence-corrected chi connectivity index (χ2v) is 5.39. The van der Waals surface area contributed by atoms with Gasteiger partial charge in [-0.2, -0.15) is 0 Å². The molecule has 0 spiro atoms. The maximum atomic E-state index is 6.04. The molecule has 0 aliphatic rings. The molecule has 0 saturated heterocycles. The molecule has 2 rings (SSSR count). The molecule has 20 heavy (non-hydrogen) atoms. The smallest absolute Gasteiger partial charge is 0.137 e. The van der Waals surface area contributed by atoms with Crippen molar-refractivity contribution in [3.8, 4) is 5.75 Å². The Morgan fingerprint density at radius 2 is 1.70 bits per heavy atom. The first kappa shape index (κ1) is 14.7. The van der Waals surface area contributed by atoms with Gasteiger partial charge in [0.2, 0.25) is 0 Å². The summed E-state index contributed by atoms with van der Waals surface area (Å²) < 4.78 is 5.67. The van der Waals surface area contributed by atoms with E-state index in [1.807, 2.05) is 24.3 Å². The van der Waals surface area contributed by atoms with Crippen molar-refractivity contribution in [2.24, 2.45) is 0 Å². The Hall–Kier alpha value is -1.67. The number of rotatable bonds is 5. The number of hydrogen-bond donors (Lipinski definition) is 1. The van der Waals surface area contributed by atoms with E-state index in [-0.39, 0.29) is 0 Å². The van der Waals surface area contributed by atoms with E-state index in [0.29, 0.717) is 11.6 Å². The van der Waals surface area contributed by atoms with Crippen LogP contribution in [0.5, 0.6) is 5.75 Å². The molecule has 0 bridgehead atoms. The molecule has 0 atom stereocenters. The van der Waals surface area contributed by atoms with Crippen LogP contribution in [-0.2, 0) is 0 Å². The molecule has 0 aromatic heterocycles. The molecule has 0 unspecified atom stereocenters. The van der Waals surface area contributed by atoms with Gasteiger partial charge < -0.3 is 10.1 Å². The fourth-order valence-corrected chi connectivity index (χ4v) is 2.55. The van der Waals surface area contributed by atoms with E-state index in [1.165, 1.54) is 22.4 Å². The zero-order chi connectivity index (χ0) is 14.5. The van der Waals surface area contributed by atoms with Crippen LogP contribution in [-0.4, -0.2) is 13.2 Å². The van der Waals surface area contributed by atoms with Gasteiger partial charge in [-0.3, -0.25) is 0 Å². The quantitative estimate of drug-likeness (QED) is 0.802. The summed E-state index contributed by atoms with van der Waals surface area (Å²) in [7, 11) is 0. The highest BCUT2D eigenvalue weighted by molar-refractivity contribution is 6.32. The molecule has 0 heterocycles. The largest absolute Gasteiger partial charge is 0.490 e. The lowest BCUT2D eigenvalue weighted by molar-refractivity contribution is 0.333. The first-order chi connectivity index (χ1) is 9.58. The van der Waals surface area contributed by atoms with Crippen molar-refractivity contribution in [3.05, 3.63) is 58.1 Å². The van der Waals surface area contributed by atoms with Crippen LogP contribution in [0.1, 0.15) is 16.7 Å². The number of halogens is 1. The number of ether oxygens (including phenoxy) is 1. The predicted octanol–water partition coefficient (Wildman–Crippen LogP) is 4.76. The predicted molar refractivity (Wildman–Crippen MR) is 86.1 cm³/mol. The van der Waals surface area contributed by atoms with Crippen molar-refractivity contribution < 1.29 is 4.74 Å². The average molecular weight is 290 g/mol. The van der Waals surface area contributed by atoms with Gasteiger partial charge in [0, 0.05) is 12.2 Å². The molecule has 2 aromatic rings. The number of benzene rings is 2. The molecule has 0 fully saturated rings. The fraction of sp³-hybridized carbons (Fsp3) is 0.294. The van der Waals surface area contributed by atoms with E-state index in [2.05, 4.69) is 38.2 Å². The van der Waals surface area contributed by atoms with E-state index in [1.54, 1.807) is 0 Å². The highest BCUT2D eigenvalue weighted by atomic mass is 35.5. The molecule has 3 heteroatoms. The summed E-state index contributed by atoms with van der Waals surface area (Å²) in [6.07, 6.45) is 0. The molecule has 0 saturated carbocycles. The Kier molecular flexibility index (Phi) is 4.91. The van der Waals surface area contributed by atoms with Crippen LogP contribution in [0.2, 0.25) is 5.02 Å². The maximum absolute atomic E-state index is 6.04. The monoisotopic (exact) mass is 289 g/mol. The summed E-state index contributed by atoms with van der Waals surface area (Å²) in [6.45, 7) is 7.69. The highest BCUT2D eigenvalue weighted by Crippen LogP contribution is 2.24. The SMILES string of the molecule is Cc1cc(C)c(NCCOc2ccccc2Cl)c(C)c1. The van der Waals surface area contributed by atoms with Gasteiger partial charge in [0.25, 0.3) is 0 Å². The summed E-state index contributed by atoms with van der Waals surface area (Å²) in [5.41, 5.74) is 5.01. The molecular formula is C17H20ClNO. The lowest BCUT2D eigenvalue weighted by atomic mass is 10.1. The van der Waals surface area contributed by atoms with E-state index in [4.69, 9.17) is 16.3 Å². The summed E-state index contributed by atoms with van der Waals surface area (Å²) >= 11 is 6.04. The van der Waals surface area contributed by atoms with Crippen LogP contribution < -0.4 is 10.1 Å². The van der Waals surface area contributed by atoms with Crippen molar-refractivity contribution in [1.29, 1.82) is 0 Å². The molecule has 0 radical (unpaired) electrons. The van der Waals surface area contributed by atoms with Gasteiger partial charge in [0.1, 0.15) is 12.4 Å². The summed E-state index contributed by atoms with van der Waals surface area (Å²) in [4.78, 5) is 0. The lowest BCUT2D eigenvalue weighted by Gasteiger charge is -2.14. The number of anilines is 1. The average Bonchev–Trinajstić information content (AvgIpc) is 2.38. The first-order valence-corrected chi connectivity index (χ1v) is 7.15. The second-order valence-electron chi connectivity index (χ2n) is 4.98. The van der Waals surface area contributed by atoms with Crippen molar-refractivity contribution in [1.82, 2.24) is 0 Å². The van der Waals surface area contributed by atoms with Crippen LogP contribution in [0.3, 0.4) is 0 Å². The topological polar surface area (TPSA) is 21.3 Å². The molecular weight excluding hydrogens is 270 g/mol. The summed E-state index contributed by atoms with van der Waals surface area (Å²) in [5.74, 6) is 0.730. The number of hydrogen-bond acceptors (Lipinski definition) is 2. The lowest BCUT2D eigenvalue weighted by Crippen LogP contribution is -2.13. The molecule has 2 nitrogen and oxygen atoms in total. The van der Waals surface area contributed by atoms with E-state index >= 15 is 0 Å². The third-order valence-corrected chi connectivity index (χ3v) is 3.49. The highest BCUT2D eigenvalue weighted by Gasteiger charge is 2.03. The minimum absolute atomic E-state index is 0.580. The second kappa shape index (κ2) is 6.67. The van der Waals surface area contributed by atoms with E-state index < -0.39 is 0 Å². The van der Waals surface area contributed by atoms with Crippen LogP contribution in [0.25, 0.3) is 0 Å². The molecule has 0 aliphatic carbocycles. The standard InChI is InChI=1S/C17H20ClNO/c1-12-10-13(2)17(14(3)11-12)19-8-9-20-16-7-5-4-6-15(16)18/h4-7,10-11,19H,8-9H2,1-3H3. The van der Waals surface area contributed by atoms with Gasteiger partial charge in [-0.1, -0.05) is 41.4 Å². The maximum Gasteiger partial charge on any atom is 0.137 e. The zero-order valence-electron chi connectivity index (χ0n) is 12.2. The van der Waals surface area contributed by atoms with E-state index in [0.717, 1.165) is 12.3 Å². The third kappa shape index (κ3) is 3.67. The Labute approximate surface area is 125 Å². The Balaban J connectivity index is 1.90. The zero-order valence-corrected chi connectivity index (χ0v) is 12.9. The van der Waals surface area contributed by atoms with Gasteiger partial charge in [0.05, 0.1) is 5.02 Å². The van der Waals surface area contributed by atoms with Gasteiger partial charge in [-0.15, -0.1) is 0 Å². The third-order valence-electron chi connectivity index (χ3n) is 3.18. The van der Waals surface area contributed by atoms with Crippen molar-refractivity contribution in [3.63, 3.8) is 0 Å². The molecule has 106 valence electrons. The van der Waals surface area contributed by atoms with Crippen LogP contribution >= 0.6 is 11.6 Å². The minimum Gasteiger partial charge on any atom is -0.490 e. The summed E-state index contributed by atoms with van der Waals surface area (Å²) in [5, 5.41) is 4.08. The van der Waals surface area contributed by atoms with Gasteiger partial charge in [-0.05, 0) is 44.0 Å².